The molecule has 0 bridgehead atoms. The number of nitrogens with one attached hydrogen (secondary N) is 1. The smallest absolute Gasteiger partial charge is 0.146 e. The Balaban J connectivity index is 0.00000436. The molecule has 3 N–H and O–H groups in total. The molecule has 0 saturated heterocycles. The molecule has 182 valence electrons. The molecule has 1 aliphatic heterocycles. The van der Waals surface area contributed by atoms with Crippen molar-refractivity contribution in [2.45, 2.75) is 86.5 Å². The molecule has 1 atom stereocenters. The lowest BCUT2D eigenvalue weighted by Gasteiger charge is -2.26. The van der Waals surface area contributed by atoms with E-state index in [1.807, 2.05) is 27.7 Å². The van der Waals surface area contributed by atoms with Crippen molar-refractivity contribution in [2.75, 3.05) is 39.3 Å². The van der Waals surface area contributed by atoms with Gasteiger partial charge in [0.25, 0.3) is 0 Å². The van der Waals surface area contributed by atoms with E-state index in [0.29, 0.717) is 25.3 Å². The number of allylic oxidation sites excluding steroid dienone is 3. The monoisotopic (exact) mass is 439 g/mol. The topological polar surface area (TPSA) is 76.0 Å². The van der Waals surface area contributed by atoms with Gasteiger partial charge in [0, 0.05) is 24.2 Å². The Labute approximate surface area is 191 Å². The number of carbonyl (C=O) groups is 1. The zero-order valence-electron chi connectivity index (χ0n) is 21.0. The number of rotatable bonds is 10. The van der Waals surface area contributed by atoms with Gasteiger partial charge in [-0.3, -0.25) is 20.0 Å². The van der Waals surface area contributed by atoms with Crippen LogP contribution in [0, 0.1) is 5.92 Å². The molecule has 1 rings (SSSR count). The maximum Gasteiger partial charge on any atom is 0.146 e. The van der Waals surface area contributed by atoms with Crippen LogP contribution in [0.1, 0.15) is 86.5 Å². The molecule has 1 unspecified atom stereocenters. The van der Waals surface area contributed by atoms with Crippen LogP contribution in [-0.4, -0.2) is 65.3 Å². The van der Waals surface area contributed by atoms with Gasteiger partial charge in [-0.15, -0.1) is 0 Å². The maximum absolute atomic E-state index is 12.2. The lowest BCUT2D eigenvalue weighted by molar-refractivity contribution is -0.120. The summed E-state index contributed by atoms with van der Waals surface area (Å²) in [6.45, 7) is 16.4. The van der Waals surface area contributed by atoms with Gasteiger partial charge in [-0.1, -0.05) is 40.5 Å². The lowest BCUT2D eigenvalue weighted by Crippen LogP contribution is -2.30. The molecule has 0 radical (unpaired) electrons. The highest BCUT2D eigenvalue weighted by atomic mass is 16.5. The average molecular weight is 440 g/mol. The van der Waals surface area contributed by atoms with Crippen molar-refractivity contribution >= 4 is 5.78 Å². The maximum atomic E-state index is 12.2. The van der Waals surface area contributed by atoms with E-state index >= 15 is 0 Å². The van der Waals surface area contributed by atoms with E-state index in [9.17, 15) is 15.1 Å². The van der Waals surface area contributed by atoms with Crippen molar-refractivity contribution in [1.82, 2.24) is 15.3 Å². The number of nitrogens with zero attached hydrogens (tertiary/aromatic N) is 2. The average Bonchev–Trinajstić information content (AvgIpc) is 2.82. The molecule has 1 heterocycles. The van der Waals surface area contributed by atoms with E-state index in [0.717, 1.165) is 76.0 Å². The molecule has 0 spiro atoms. The second-order valence-electron chi connectivity index (χ2n) is 7.98. The minimum absolute atomic E-state index is 0.192. The number of aliphatic hydroxyl groups excluding tert-OH is 1. The quantitative estimate of drug-likeness (QED) is 0.317. The molecule has 31 heavy (non-hydrogen) atoms. The summed E-state index contributed by atoms with van der Waals surface area (Å²) in [6.07, 6.45) is 8.23. The normalized spacial score (nSPS) is 21.4. The fourth-order valence-electron chi connectivity index (χ4n) is 4.02. The molecular formula is C25H49N3O3. The molecule has 6 heteroatoms. The summed E-state index contributed by atoms with van der Waals surface area (Å²) in [5.74, 6) is 0.764. The van der Waals surface area contributed by atoms with Gasteiger partial charge in [0.1, 0.15) is 11.5 Å². The van der Waals surface area contributed by atoms with E-state index in [4.69, 9.17) is 0 Å². The Bertz CT molecular complexity index is 542. The lowest BCUT2D eigenvalue weighted by atomic mass is 9.85. The van der Waals surface area contributed by atoms with Gasteiger partial charge in [-0.05, 0) is 71.2 Å². The highest BCUT2D eigenvalue weighted by Crippen LogP contribution is 2.32. The third-order valence-electron chi connectivity index (χ3n) is 5.94. The Morgan fingerprint density at radius 3 is 2.48 bits per heavy atom. The van der Waals surface area contributed by atoms with Crippen LogP contribution in [0.25, 0.3) is 0 Å². The van der Waals surface area contributed by atoms with Gasteiger partial charge in [0.2, 0.25) is 0 Å². The first kappa shape index (κ1) is 29.6. The number of carbonyl (C=O) groups excluding carboxylic acids is 1. The van der Waals surface area contributed by atoms with E-state index in [-0.39, 0.29) is 11.7 Å². The van der Waals surface area contributed by atoms with Crippen molar-refractivity contribution in [2.24, 2.45) is 5.92 Å². The molecule has 0 aromatic rings. The van der Waals surface area contributed by atoms with Gasteiger partial charge in [-0.2, -0.15) is 0 Å². The third-order valence-corrected chi connectivity index (χ3v) is 5.94. The van der Waals surface area contributed by atoms with Crippen LogP contribution >= 0.6 is 0 Å². The number of hydrogen-bond acceptors (Lipinski definition) is 6. The van der Waals surface area contributed by atoms with Gasteiger partial charge in [0.15, 0.2) is 0 Å². The van der Waals surface area contributed by atoms with Crippen molar-refractivity contribution < 1.29 is 15.1 Å². The van der Waals surface area contributed by atoms with Gasteiger partial charge >= 0.3 is 0 Å². The molecule has 1 aliphatic rings. The number of ketones is 1. The van der Waals surface area contributed by atoms with E-state index in [1.54, 1.807) is 6.08 Å². The first-order valence-corrected chi connectivity index (χ1v) is 12.4. The largest absolute Gasteiger partial charge is 0.508 e. The first-order chi connectivity index (χ1) is 14.9. The molecule has 0 aromatic carbocycles. The minimum atomic E-state index is 0.192. The molecule has 0 amide bonds. The first-order valence-electron chi connectivity index (χ1n) is 12.4. The summed E-state index contributed by atoms with van der Waals surface area (Å²) in [4.78, 5) is 14.4. The fraction of sp³-hybridized carbons (Fsp3) is 0.800. The zero-order chi connectivity index (χ0) is 23.6. The Morgan fingerprint density at radius 1 is 1.19 bits per heavy atom. The van der Waals surface area contributed by atoms with Crippen LogP contribution in [0.15, 0.2) is 23.1 Å². The number of hydrogen-bond donors (Lipinski definition) is 3. The van der Waals surface area contributed by atoms with E-state index < -0.39 is 0 Å². The number of likely N-dealkylation sites (N-methyl/N-ethyl adjacent to an activating group) is 1. The molecule has 0 saturated carbocycles. The van der Waals surface area contributed by atoms with Gasteiger partial charge < -0.3 is 10.4 Å². The number of aliphatic hydroxyl groups is 1. The standard InChI is InChI=1S/C23H43N3O3.C2H6/c1-5-22(28)23-19(4)26(29)17-16-24-15-11-10-13-20(23)12-8-9-14-21(27)18-25(6-2)7-3;1-2/h5,20,24,28-29H,6-18H2,1-4H3;1-2H3/b22-5+,23-19+;. The summed E-state index contributed by atoms with van der Waals surface area (Å²) < 4.78 is 0. The molecule has 0 aliphatic carbocycles. The number of Topliss-reactive ketones (excluding diaryl/α,β-unsaturated/α-hetero) is 1. The molecule has 6 nitrogen and oxygen atoms in total. The molecule has 0 aromatic heterocycles. The second-order valence-corrected chi connectivity index (χ2v) is 7.98. The van der Waals surface area contributed by atoms with Crippen molar-refractivity contribution in [3.8, 4) is 0 Å². The summed E-state index contributed by atoms with van der Waals surface area (Å²) in [6, 6.07) is 0. The van der Waals surface area contributed by atoms with Gasteiger partial charge in [-0.25, -0.2) is 0 Å². The zero-order valence-corrected chi connectivity index (χ0v) is 21.0. The summed E-state index contributed by atoms with van der Waals surface area (Å²) >= 11 is 0. The predicted octanol–water partition coefficient (Wildman–Crippen LogP) is 5.30. The van der Waals surface area contributed by atoms with Crippen LogP contribution in [0.5, 0.6) is 0 Å². The van der Waals surface area contributed by atoms with E-state index in [1.165, 1.54) is 5.06 Å². The SMILES string of the molecule is C/C=C(O)\C1=C(/C)N(O)CCNCCCCC1CCCCC(=O)CN(CC)CC.CC. The summed E-state index contributed by atoms with van der Waals surface area (Å²) in [5.41, 5.74) is 1.58. The predicted molar refractivity (Wildman–Crippen MR) is 130 cm³/mol. The van der Waals surface area contributed by atoms with Crippen molar-refractivity contribution in [3.63, 3.8) is 0 Å². The Kier molecular flexibility index (Phi) is 17.4. The molecule has 0 fully saturated rings. The van der Waals surface area contributed by atoms with E-state index in [2.05, 4.69) is 24.1 Å². The Hall–Kier alpha value is -1.37. The summed E-state index contributed by atoms with van der Waals surface area (Å²) in [7, 11) is 0. The number of hydroxylamine groups is 2. The van der Waals surface area contributed by atoms with Gasteiger partial charge in [0.05, 0.1) is 13.1 Å². The van der Waals surface area contributed by atoms with Crippen LogP contribution < -0.4 is 5.32 Å². The third kappa shape index (κ3) is 11.7. The Morgan fingerprint density at radius 2 is 1.87 bits per heavy atom. The van der Waals surface area contributed by atoms with Crippen LogP contribution in [-0.2, 0) is 4.79 Å². The molecular weight excluding hydrogens is 390 g/mol. The highest BCUT2D eigenvalue weighted by molar-refractivity contribution is 5.80. The second kappa shape index (κ2) is 18.2. The fourth-order valence-corrected chi connectivity index (χ4v) is 4.02. The minimum Gasteiger partial charge on any atom is -0.508 e. The highest BCUT2D eigenvalue weighted by Gasteiger charge is 2.23. The van der Waals surface area contributed by atoms with Crippen LogP contribution in [0.4, 0.5) is 0 Å². The van der Waals surface area contributed by atoms with Crippen molar-refractivity contribution in [1.29, 1.82) is 0 Å². The van der Waals surface area contributed by atoms with Crippen LogP contribution in [0.2, 0.25) is 0 Å². The van der Waals surface area contributed by atoms with Crippen molar-refractivity contribution in [3.05, 3.63) is 23.1 Å². The number of unbranched alkanes of at least 4 members (excludes halogenated alkanes) is 1. The van der Waals surface area contributed by atoms with Crippen LogP contribution in [0.3, 0.4) is 0 Å². The summed E-state index contributed by atoms with van der Waals surface area (Å²) in [5, 5.41) is 25.6.